The van der Waals surface area contributed by atoms with E-state index in [0.717, 1.165) is 42.5 Å². The van der Waals surface area contributed by atoms with E-state index in [9.17, 15) is 18.0 Å². The lowest BCUT2D eigenvalue weighted by Crippen LogP contribution is -2.32. The molecule has 184 valence electrons. The average Bonchev–Trinajstić information content (AvgIpc) is 3.18. The van der Waals surface area contributed by atoms with Crippen molar-refractivity contribution in [2.45, 2.75) is 63.3 Å². The molecule has 3 aromatic heterocycles. The van der Waals surface area contributed by atoms with Crippen LogP contribution >= 0.6 is 0 Å². The summed E-state index contributed by atoms with van der Waals surface area (Å²) < 4.78 is 55.9. The Balaban J connectivity index is 1.39. The molecule has 1 aliphatic heterocycles. The summed E-state index contributed by atoms with van der Waals surface area (Å²) in [5, 5.41) is 7.15. The van der Waals surface area contributed by atoms with Crippen molar-refractivity contribution in [1.82, 2.24) is 20.1 Å². The van der Waals surface area contributed by atoms with Crippen molar-refractivity contribution in [3.8, 4) is 11.3 Å². The number of fused-ring (bicyclic) bond motifs is 4. The molecule has 7 nitrogen and oxygen atoms in total. The summed E-state index contributed by atoms with van der Waals surface area (Å²) in [4.78, 5) is 17.1. The molecule has 0 radical (unpaired) electrons. The molecule has 1 saturated carbocycles. The van der Waals surface area contributed by atoms with Gasteiger partial charge in [0.25, 0.3) is 5.91 Å². The number of pyridine rings is 1. The number of halogens is 3. The number of hydrogen-bond acceptors (Lipinski definition) is 5. The van der Waals surface area contributed by atoms with Crippen LogP contribution in [-0.2, 0) is 29.3 Å². The van der Waals surface area contributed by atoms with Crippen molar-refractivity contribution in [3.63, 3.8) is 0 Å². The molecule has 2 aliphatic carbocycles. The lowest BCUT2D eigenvalue weighted by atomic mass is 9.82. The van der Waals surface area contributed by atoms with Gasteiger partial charge in [0.2, 0.25) is 5.76 Å². The largest absolute Gasteiger partial charge is 0.454 e. The third kappa shape index (κ3) is 3.93. The van der Waals surface area contributed by atoms with Crippen LogP contribution in [0.1, 0.15) is 64.4 Å². The van der Waals surface area contributed by atoms with Gasteiger partial charge in [-0.25, -0.2) is 0 Å². The third-order valence-corrected chi connectivity index (χ3v) is 7.22. The quantitative estimate of drug-likeness (QED) is 0.578. The van der Waals surface area contributed by atoms with Gasteiger partial charge in [-0.3, -0.25) is 14.5 Å². The molecule has 1 saturated heterocycles. The molecule has 1 atom stereocenters. The van der Waals surface area contributed by atoms with Gasteiger partial charge in [0.1, 0.15) is 17.0 Å². The molecule has 1 spiro atoms. The number of rotatable bonds is 5. The van der Waals surface area contributed by atoms with E-state index in [-0.39, 0.29) is 35.1 Å². The predicted octanol–water partition coefficient (Wildman–Crippen LogP) is 4.41. The van der Waals surface area contributed by atoms with E-state index in [2.05, 4.69) is 15.4 Å². The Morgan fingerprint density at radius 1 is 1.31 bits per heavy atom. The van der Waals surface area contributed by atoms with Gasteiger partial charge < -0.3 is 14.5 Å². The first-order valence-corrected chi connectivity index (χ1v) is 11.9. The van der Waals surface area contributed by atoms with E-state index in [1.807, 2.05) is 25.3 Å². The summed E-state index contributed by atoms with van der Waals surface area (Å²) >= 11 is 0. The first-order chi connectivity index (χ1) is 16.7. The van der Waals surface area contributed by atoms with Crippen molar-refractivity contribution >= 4 is 5.91 Å². The number of alkyl halides is 3. The van der Waals surface area contributed by atoms with Crippen LogP contribution in [0.2, 0.25) is 0 Å². The Labute approximate surface area is 199 Å². The molecular formula is C25H25F3N4O3. The Kier molecular flexibility index (Phi) is 5.07. The van der Waals surface area contributed by atoms with Crippen LogP contribution in [0.4, 0.5) is 13.2 Å². The Morgan fingerprint density at radius 2 is 2.14 bits per heavy atom. The molecule has 3 aliphatic rings. The molecule has 4 heterocycles. The maximum absolute atomic E-state index is 14.4. The summed E-state index contributed by atoms with van der Waals surface area (Å²) in [7, 11) is 0. The van der Waals surface area contributed by atoms with Crippen molar-refractivity contribution in [2.75, 3.05) is 13.2 Å². The highest BCUT2D eigenvalue weighted by molar-refractivity contribution is 5.96. The summed E-state index contributed by atoms with van der Waals surface area (Å²) in [6.07, 6.45) is 2.28. The molecule has 0 unspecified atom stereocenters. The van der Waals surface area contributed by atoms with E-state index in [1.54, 1.807) is 10.9 Å². The van der Waals surface area contributed by atoms with E-state index < -0.39 is 23.4 Å². The van der Waals surface area contributed by atoms with Gasteiger partial charge >= 0.3 is 6.18 Å². The topological polar surface area (TPSA) is 82.2 Å². The van der Waals surface area contributed by atoms with E-state index in [4.69, 9.17) is 9.15 Å². The fourth-order valence-electron chi connectivity index (χ4n) is 5.23. The lowest BCUT2D eigenvalue weighted by Gasteiger charge is -2.20. The van der Waals surface area contributed by atoms with Crippen molar-refractivity contribution < 1.29 is 27.1 Å². The molecule has 0 aromatic carbocycles. The number of nitrogens with one attached hydrogen (secondary N) is 1. The van der Waals surface area contributed by atoms with Gasteiger partial charge in [-0.1, -0.05) is 6.07 Å². The number of nitrogens with zero attached hydrogens (tertiary/aromatic N) is 3. The van der Waals surface area contributed by atoms with Gasteiger partial charge in [0.15, 0.2) is 0 Å². The number of furan rings is 1. The van der Waals surface area contributed by atoms with Crippen molar-refractivity contribution in [3.05, 3.63) is 58.4 Å². The highest BCUT2D eigenvalue weighted by Crippen LogP contribution is 2.59. The van der Waals surface area contributed by atoms with Crippen LogP contribution in [0, 0.1) is 6.92 Å². The fraction of sp³-hybridized carbons (Fsp3) is 0.480. The van der Waals surface area contributed by atoms with E-state index in [0.29, 0.717) is 19.6 Å². The van der Waals surface area contributed by atoms with Crippen LogP contribution in [0.3, 0.4) is 0 Å². The fourth-order valence-corrected chi connectivity index (χ4v) is 5.23. The van der Waals surface area contributed by atoms with Crippen LogP contribution in [0.25, 0.3) is 11.3 Å². The van der Waals surface area contributed by atoms with Gasteiger partial charge in [-0.2, -0.15) is 18.3 Å². The lowest BCUT2D eigenvalue weighted by molar-refractivity contribution is -0.137. The predicted molar refractivity (Wildman–Crippen MR) is 119 cm³/mol. The third-order valence-electron chi connectivity index (χ3n) is 7.22. The molecular weight excluding hydrogens is 461 g/mol. The minimum Gasteiger partial charge on any atom is -0.454 e. The highest BCUT2D eigenvalue weighted by Gasteiger charge is 2.55. The summed E-state index contributed by atoms with van der Waals surface area (Å²) in [5.74, 6) is -1.38. The van der Waals surface area contributed by atoms with Crippen LogP contribution in [-0.4, -0.2) is 39.9 Å². The van der Waals surface area contributed by atoms with Gasteiger partial charge in [-0.05, 0) is 44.2 Å². The highest BCUT2D eigenvalue weighted by atomic mass is 19.4. The Hall–Kier alpha value is -3.14. The second-order valence-corrected chi connectivity index (χ2v) is 9.80. The standard InChI is InChI=1S/C25H25F3N4O3/c1-14-4-5-15(10-29-14)12-32-13-17-21(31-32)19-18(9-24(17)6-7-24)35-22(20(19)25(26,27)28)23(33)30-11-16-3-2-8-34-16/h4-5,10,13,16H,2-3,6-9,11-12H2,1H3,(H,30,33)/t16-/m0/s1. The number of amides is 1. The van der Waals surface area contributed by atoms with E-state index >= 15 is 0 Å². The molecule has 3 aromatic rings. The average molecular weight is 486 g/mol. The maximum atomic E-state index is 14.4. The number of ether oxygens (including phenoxy) is 1. The minimum atomic E-state index is -4.77. The van der Waals surface area contributed by atoms with Crippen LogP contribution < -0.4 is 5.32 Å². The zero-order chi connectivity index (χ0) is 24.4. The molecule has 2 fully saturated rings. The normalized spacial score (nSPS) is 20.1. The van der Waals surface area contributed by atoms with E-state index in [1.165, 1.54) is 0 Å². The van der Waals surface area contributed by atoms with Crippen LogP contribution in [0.5, 0.6) is 0 Å². The van der Waals surface area contributed by atoms with Crippen LogP contribution in [0.15, 0.2) is 28.9 Å². The number of aromatic nitrogens is 3. The van der Waals surface area contributed by atoms with Gasteiger partial charge in [0, 0.05) is 48.6 Å². The molecule has 6 rings (SSSR count). The zero-order valence-electron chi connectivity index (χ0n) is 19.2. The number of aryl methyl sites for hydroxylation is 1. The second-order valence-electron chi connectivity index (χ2n) is 9.80. The SMILES string of the molecule is Cc1ccc(Cn2cc3c(n2)-c2c(oc(C(=O)NC[C@@H]4CCCO4)c2C(F)(F)F)CC32CC2)cn1. The first-order valence-electron chi connectivity index (χ1n) is 11.9. The maximum Gasteiger partial charge on any atom is 0.420 e. The first kappa shape index (κ1) is 22.3. The molecule has 1 N–H and O–H groups in total. The van der Waals surface area contributed by atoms with Crippen molar-refractivity contribution in [2.24, 2.45) is 0 Å². The second kappa shape index (κ2) is 7.94. The van der Waals surface area contributed by atoms with Gasteiger partial charge in [0.05, 0.1) is 18.2 Å². The van der Waals surface area contributed by atoms with Gasteiger partial charge in [-0.15, -0.1) is 0 Å². The monoisotopic (exact) mass is 486 g/mol. The summed E-state index contributed by atoms with van der Waals surface area (Å²) in [6, 6.07) is 3.81. The molecule has 35 heavy (non-hydrogen) atoms. The molecule has 1 amide bonds. The Morgan fingerprint density at radius 3 is 2.80 bits per heavy atom. The van der Waals surface area contributed by atoms with Crippen molar-refractivity contribution in [1.29, 1.82) is 0 Å². The summed E-state index contributed by atoms with van der Waals surface area (Å²) in [6.45, 7) is 3.02. The number of carbonyl (C=O) groups excluding carboxylic acids is 1. The molecule has 10 heteroatoms. The zero-order valence-corrected chi connectivity index (χ0v) is 19.2. The minimum absolute atomic E-state index is 0.104. The summed E-state index contributed by atoms with van der Waals surface area (Å²) in [5.41, 5.74) is 1.41. The number of carbonyl (C=O) groups is 1. The Bertz CT molecular complexity index is 1280. The smallest absolute Gasteiger partial charge is 0.420 e. The molecule has 0 bridgehead atoms. The number of hydrogen-bond donors (Lipinski definition) is 1.